The van der Waals surface area contributed by atoms with Crippen molar-refractivity contribution in [1.29, 1.82) is 0 Å². The van der Waals surface area contributed by atoms with Crippen molar-refractivity contribution >= 4 is 17.5 Å². The zero-order valence-electron chi connectivity index (χ0n) is 13.8. The Morgan fingerprint density at radius 1 is 1.12 bits per heavy atom. The van der Waals surface area contributed by atoms with Crippen molar-refractivity contribution < 1.29 is 9.59 Å². The van der Waals surface area contributed by atoms with E-state index in [4.69, 9.17) is 0 Å². The number of fused-ring (bicyclic) bond motifs is 1. The third-order valence-corrected chi connectivity index (χ3v) is 5.44. The first-order chi connectivity index (χ1) is 11.7. The van der Waals surface area contributed by atoms with Crippen molar-refractivity contribution in [3.8, 4) is 0 Å². The van der Waals surface area contributed by atoms with Crippen molar-refractivity contribution in [2.45, 2.75) is 24.8 Å². The summed E-state index contributed by atoms with van der Waals surface area (Å²) in [5.74, 6) is -0.295. The Labute approximate surface area is 142 Å². The molecule has 1 aromatic carbocycles. The number of hydrogen-bond donors (Lipinski definition) is 2. The van der Waals surface area contributed by atoms with Crippen LogP contribution in [0.4, 0.5) is 5.69 Å². The first kappa shape index (κ1) is 15.6. The monoisotopic (exact) mass is 328 g/mol. The minimum absolute atomic E-state index is 0.0649. The third-order valence-electron chi connectivity index (χ3n) is 5.44. The Morgan fingerprint density at radius 2 is 1.92 bits per heavy atom. The van der Waals surface area contributed by atoms with Gasteiger partial charge < -0.3 is 15.5 Å². The van der Waals surface area contributed by atoms with Gasteiger partial charge in [-0.3, -0.25) is 14.5 Å². The van der Waals surface area contributed by atoms with E-state index in [2.05, 4.69) is 15.5 Å². The molecule has 4 rings (SSSR count). The highest BCUT2D eigenvalue weighted by molar-refractivity contribution is 6.01. The number of nitrogens with zero attached hydrogens (tertiary/aromatic N) is 2. The van der Waals surface area contributed by atoms with Crippen molar-refractivity contribution in [2.75, 3.05) is 44.6 Å². The number of likely N-dealkylation sites (tertiary alicyclic amines) is 1. The second kappa shape index (κ2) is 6.53. The smallest absolute Gasteiger partial charge is 0.230 e. The Morgan fingerprint density at radius 3 is 2.75 bits per heavy atom. The van der Waals surface area contributed by atoms with Gasteiger partial charge in [0.2, 0.25) is 11.8 Å². The van der Waals surface area contributed by atoms with Crippen LogP contribution in [0, 0.1) is 0 Å². The molecule has 3 aliphatic rings. The van der Waals surface area contributed by atoms with Crippen LogP contribution in [0.5, 0.6) is 0 Å². The maximum atomic E-state index is 13.1. The molecule has 2 fully saturated rings. The van der Waals surface area contributed by atoms with Crippen molar-refractivity contribution in [3.63, 3.8) is 0 Å². The molecule has 0 saturated carbocycles. The van der Waals surface area contributed by atoms with Gasteiger partial charge in [0.15, 0.2) is 0 Å². The van der Waals surface area contributed by atoms with E-state index in [9.17, 15) is 9.59 Å². The number of carbonyl (C=O) groups excluding carboxylic acids is 2. The molecule has 0 radical (unpaired) electrons. The van der Waals surface area contributed by atoms with Crippen LogP contribution in [0.2, 0.25) is 0 Å². The molecule has 0 aliphatic carbocycles. The Bertz CT molecular complexity index is 642. The zero-order valence-corrected chi connectivity index (χ0v) is 13.8. The Hall–Kier alpha value is -1.92. The van der Waals surface area contributed by atoms with Gasteiger partial charge in [-0.05, 0) is 18.1 Å². The number of piperazine rings is 1. The van der Waals surface area contributed by atoms with Gasteiger partial charge in [-0.2, -0.15) is 0 Å². The molecule has 2 unspecified atom stereocenters. The summed E-state index contributed by atoms with van der Waals surface area (Å²) in [5, 5.41) is 6.24. The standard InChI is InChI=1S/C18H24N4O2/c23-17-11-15(14-3-1-2-4-16(14)20-17)18(24)22-8-5-13(12-22)21-9-6-19-7-10-21/h1-4,13,15,19H,5-12H2,(H,20,23). The highest BCUT2D eigenvalue weighted by atomic mass is 16.2. The Balaban J connectivity index is 1.47. The molecule has 2 atom stereocenters. The highest BCUT2D eigenvalue weighted by Crippen LogP contribution is 2.34. The van der Waals surface area contributed by atoms with Gasteiger partial charge in [-0.15, -0.1) is 0 Å². The predicted octanol–water partition coefficient (Wildman–Crippen LogP) is 0.619. The molecule has 2 saturated heterocycles. The summed E-state index contributed by atoms with van der Waals surface area (Å²) in [5.41, 5.74) is 1.73. The van der Waals surface area contributed by atoms with Gasteiger partial charge in [0, 0.05) is 57.4 Å². The first-order valence-corrected chi connectivity index (χ1v) is 8.85. The molecular formula is C18H24N4O2. The van der Waals surface area contributed by atoms with E-state index in [1.807, 2.05) is 29.2 Å². The second-order valence-electron chi connectivity index (χ2n) is 6.90. The zero-order chi connectivity index (χ0) is 16.5. The molecule has 2 amide bonds. The summed E-state index contributed by atoms with van der Waals surface area (Å²) >= 11 is 0. The van der Waals surface area contributed by atoms with Crippen LogP contribution in [0.1, 0.15) is 24.3 Å². The van der Waals surface area contributed by atoms with Gasteiger partial charge in [-0.1, -0.05) is 18.2 Å². The van der Waals surface area contributed by atoms with Gasteiger partial charge in [-0.25, -0.2) is 0 Å². The molecule has 2 N–H and O–H groups in total. The van der Waals surface area contributed by atoms with Gasteiger partial charge in [0.25, 0.3) is 0 Å². The number of nitrogens with one attached hydrogen (secondary N) is 2. The highest BCUT2D eigenvalue weighted by Gasteiger charge is 2.37. The molecule has 6 heteroatoms. The lowest BCUT2D eigenvalue weighted by molar-refractivity contribution is -0.134. The number of hydrogen-bond acceptors (Lipinski definition) is 4. The van der Waals surface area contributed by atoms with E-state index in [0.29, 0.717) is 6.04 Å². The largest absolute Gasteiger partial charge is 0.341 e. The van der Waals surface area contributed by atoms with E-state index in [-0.39, 0.29) is 24.2 Å². The molecule has 3 heterocycles. The number of para-hydroxylation sites is 1. The summed E-state index contributed by atoms with van der Waals surface area (Å²) in [7, 11) is 0. The average Bonchev–Trinajstić information content (AvgIpc) is 3.11. The van der Waals surface area contributed by atoms with Crippen LogP contribution in [0.15, 0.2) is 24.3 Å². The quantitative estimate of drug-likeness (QED) is 0.835. The lowest BCUT2D eigenvalue weighted by Crippen LogP contribution is -2.49. The molecule has 0 spiro atoms. The lowest BCUT2D eigenvalue weighted by atomic mass is 9.89. The molecule has 6 nitrogen and oxygen atoms in total. The van der Waals surface area contributed by atoms with Gasteiger partial charge in [0.05, 0.1) is 5.92 Å². The number of anilines is 1. The summed E-state index contributed by atoms with van der Waals surface area (Å²) in [6, 6.07) is 8.12. The van der Waals surface area contributed by atoms with Crippen molar-refractivity contribution in [3.05, 3.63) is 29.8 Å². The second-order valence-corrected chi connectivity index (χ2v) is 6.90. The van der Waals surface area contributed by atoms with Crippen molar-refractivity contribution in [1.82, 2.24) is 15.1 Å². The first-order valence-electron chi connectivity index (χ1n) is 8.85. The van der Waals surface area contributed by atoms with E-state index < -0.39 is 0 Å². The van der Waals surface area contributed by atoms with Gasteiger partial charge >= 0.3 is 0 Å². The molecule has 0 aromatic heterocycles. The Kier molecular flexibility index (Phi) is 4.24. The molecule has 0 bridgehead atoms. The SMILES string of the molecule is O=C1CC(C(=O)N2CCC(N3CCNCC3)C2)c2ccccc2N1. The topological polar surface area (TPSA) is 64.7 Å². The van der Waals surface area contributed by atoms with E-state index in [1.165, 1.54) is 0 Å². The number of benzene rings is 1. The molecular weight excluding hydrogens is 304 g/mol. The van der Waals surface area contributed by atoms with Crippen LogP contribution >= 0.6 is 0 Å². The van der Waals surface area contributed by atoms with E-state index in [0.717, 1.165) is 56.9 Å². The molecule has 24 heavy (non-hydrogen) atoms. The summed E-state index contributed by atoms with van der Waals surface area (Å²) in [6.07, 6.45) is 1.29. The van der Waals surface area contributed by atoms with Crippen LogP contribution in [0.25, 0.3) is 0 Å². The summed E-state index contributed by atoms with van der Waals surface area (Å²) < 4.78 is 0. The maximum absolute atomic E-state index is 13.1. The van der Waals surface area contributed by atoms with Crippen LogP contribution < -0.4 is 10.6 Å². The number of carbonyl (C=O) groups is 2. The summed E-state index contributed by atoms with van der Waals surface area (Å²) in [4.78, 5) is 29.5. The van der Waals surface area contributed by atoms with Gasteiger partial charge in [0.1, 0.15) is 0 Å². The third kappa shape index (κ3) is 2.91. The molecule has 128 valence electrons. The number of rotatable bonds is 2. The predicted molar refractivity (Wildman–Crippen MR) is 91.9 cm³/mol. The van der Waals surface area contributed by atoms with E-state index in [1.54, 1.807) is 0 Å². The van der Waals surface area contributed by atoms with Crippen LogP contribution in [-0.2, 0) is 9.59 Å². The minimum Gasteiger partial charge on any atom is -0.341 e. The minimum atomic E-state index is -0.336. The number of amides is 2. The fourth-order valence-electron chi connectivity index (χ4n) is 4.14. The van der Waals surface area contributed by atoms with Crippen molar-refractivity contribution in [2.24, 2.45) is 0 Å². The molecule has 3 aliphatic heterocycles. The average molecular weight is 328 g/mol. The lowest BCUT2D eigenvalue weighted by Gasteiger charge is -2.33. The van der Waals surface area contributed by atoms with E-state index >= 15 is 0 Å². The maximum Gasteiger partial charge on any atom is 0.230 e. The molecule has 1 aromatic rings. The fraction of sp³-hybridized carbons (Fsp3) is 0.556. The van der Waals surface area contributed by atoms with Crippen LogP contribution in [-0.4, -0.2) is 66.9 Å². The van der Waals surface area contributed by atoms with Crippen LogP contribution in [0.3, 0.4) is 0 Å². The normalized spacial score (nSPS) is 27.7. The fourth-order valence-corrected chi connectivity index (χ4v) is 4.14. The summed E-state index contributed by atoms with van der Waals surface area (Å²) in [6.45, 7) is 5.76.